The number of rotatable bonds is 13. The predicted octanol–water partition coefficient (Wildman–Crippen LogP) is 3.32. The highest BCUT2D eigenvalue weighted by atomic mass is 32.2. The van der Waals surface area contributed by atoms with Gasteiger partial charge in [0.05, 0.1) is 29.8 Å². The van der Waals surface area contributed by atoms with E-state index in [0.29, 0.717) is 49.4 Å². The SMILES string of the molecule is CCNc1cc(C(=O)N[C@@H](Cc2ccccc2)[C@H](O)CNCc2cnn(C(C)C)c2)cc(N2CCCCS2(=O)=O)c1. The molecule has 4 rings (SSSR count). The summed E-state index contributed by atoms with van der Waals surface area (Å²) >= 11 is 0. The number of carbonyl (C=O) groups is 1. The maximum absolute atomic E-state index is 13.6. The van der Waals surface area contributed by atoms with E-state index in [9.17, 15) is 18.3 Å². The smallest absolute Gasteiger partial charge is 0.251 e. The molecule has 0 unspecified atom stereocenters. The van der Waals surface area contributed by atoms with Crippen LogP contribution >= 0.6 is 0 Å². The van der Waals surface area contributed by atoms with Crippen LogP contribution in [0, 0.1) is 0 Å². The molecule has 0 bridgehead atoms. The minimum Gasteiger partial charge on any atom is -0.390 e. The quantitative estimate of drug-likeness (QED) is 0.243. The lowest BCUT2D eigenvalue weighted by molar-refractivity contribution is 0.0830. The summed E-state index contributed by atoms with van der Waals surface area (Å²) in [5, 5.41) is 25.1. The third-order valence-corrected chi connectivity index (χ3v) is 9.01. The van der Waals surface area contributed by atoms with Crippen molar-refractivity contribution in [2.75, 3.05) is 35.0 Å². The first-order chi connectivity index (χ1) is 19.7. The Bertz CT molecular complexity index is 1390. The molecule has 0 saturated carbocycles. The first kappa shape index (κ1) is 30.5. The average Bonchev–Trinajstić information content (AvgIpc) is 3.42. The monoisotopic (exact) mass is 582 g/mol. The van der Waals surface area contributed by atoms with Crippen LogP contribution in [-0.4, -0.2) is 66.7 Å². The molecule has 2 aromatic carbocycles. The highest BCUT2D eigenvalue weighted by Gasteiger charge is 2.28. The maximum atomic E-state index is 13.6. The molecule has 4 N–H and O–H groups in total. The van der Waals surface area contributed by atoms with Gasteiger partial charge in [-0.2, -0.15) is 5.10 Å². The van der Waals surface area contributed by atoms with Gasteiger partial charge in [0.2, 0.25) is 10.0 Å². The minimum atomic E-state index is -3.44. The van der Waals surface area contributed by atoms with Crippen LogP contribution in [0.15, 0.2) is 60.9 Å². The molecular weight excluding hydrogens is 540 g/mol. The number of aromatic nitrogens is 2. The van der Waals surface area contributed by atoms with Crippen molar-refractivity contribution in [3.63, 3.8) is 0 Å². The van der Waals surface area contributed by atoms with Crippen molar-refractivity contribution >= 4 is 27.3 Å². The zero-order chi connectivity index (χ0) is 29.4. The van der Waals surface area contributed by atoms with Crippen molar-refractivity contribution in [1.82, 2.24) is 20.4 Å². The van der Waals surface area contributed by atoms with E-state index in [0.717, 1.165) is 17.5 Å². The van der Waals surface area contributed by atoms with Gasteiger partial charge in [0, 0.05) is 55.2 Å². The number of nitrogens with one attached hydrogen (secondary N) is 3. The van der Waals surface area contributed by atoms with Crippen molar-refractivity contribution in [2.24, 2.45) is 0 Å². The Labute approximate surface area is 243 Å². The third-order valence-electron chi connectivity index (χ3n) is 7.14. The summed E-state index contributed by atoms with van der Waals surface area (Å²) in [6, 6.07) is 14.5. The topological polar surface area (TPSA) is 129 Å². The summed E-state index contributed by atoms with van der Waals surface area (Å²) in [6.45, 7) is 7.87. The van der Waals surface area contributed by atoms with Gasteiger partial charge in [-0.05, 0) is 63.8 Å². The summed E-state index contributed by atoms with van der Waals surface area (Å²) in [7, 11) is -3.44. The van der Waals surface area contributed by atoms with E-state index in [4.69, 9.17) is 0 Å². The van der Waals surface area contributed by atoms with E-state index < -0.39 is 22.2 Å². The lowest BCUT2D eigenvalue weighted by atomic mass is 10.00. The fourth-order valence-electron chi connectivity index (χ4n) is 4.93. The summed E-state index contributed by atoms with van der Waals surface area (Å²) < 4.78 is 28.9. The maximum Gasteiger partial charge on any atom is 0.251 e. The van der Waals surface area contributed by atoms with Crippen LogP contribution < -0.4 is 20.3 Å². The lowest BCUT2D eigenvalue weighted by Gasteiger charge is -2.29. The van der Waals surface area contributed by atoms with Crippen molar-refractivity contribution in [1.29, 1.82) is 0 Å². The zero-order valence-corrected chi connectivity index (χ0v) is 24.9. The summed E-state index contributed by atoms with van der Waals surface area (Å²) in [5.41, 5.74) is 3.46. The van der Waals surface area contributed by atoms with Gasteiger partial charge in [0.1, 0.15) is 0 Å². The van der Waals surface area contributed by atoms with Crippen LogP contribution in [-0.2, 0) is 23.0 Å². The van der Waals surface area contributed by atoms with Crippen molar-refractivity contribution in [3.05, 3.63) is 77.6 Å². The van der Waals surface area contributed by atoms with E-state index >= 15 is 0 Å². The second kappa shape index (κ2) is 14.0. The minimum absolute atomic E-state index is 0.0938. The normalized spacial score (nSPS) is 16.4. The standard InChI is InChI=1S/C30H42N6O4S/c1-4-32-26-15-25(16-27(17-26)36-12-8-9-13-41(36,39)40)30(38)34-28(14-23-10-6-5-7-11-23)29(37)20-31-18-24-19-33-35(21-24)22(2)3/h5-7,10-11,15-17,19,21-22,28-29,31-32,37H,4,8-9,12-14,18,20H2,1-3H3,(H,34,38)/t28-,29+/m0/s1. The number of hydrogen-bond acceptors (Lipinski definition) is 7. The molecule has 2 atom stereocenters. The number of carbonyl (C=O) groups excluding carboxylic acids is 1. The predicted molar refractivity (Wildman–Crippen MR) is 163 cm³/mol. The van der Waals surface area contributed by atoms with Gasteiger partial charge in [-0.25, -0.2) is 8.42 Å². The molecule has 10 nitrogen and oxygen atoms in total. The molecule has 0 radical (unpaired) electrons. The largest absolute Gasteiger partial charge is 0.390 e. The number of hydrogen-bond donors (Lipinski definition) is 4. The van der Waals surface area contributed by atoms with Crippen LogP contribution in [0.3, 0.4) is 0 Å². The van der Waals surface area contributed by atoms with Crippen LogP contribution in [0.2, 0.25) is 0 Å². The fourth-order valence-corrected chi connectivity index (χ4v) is 6.56. The molecule has 1 fully saturated rings. The van der Waals surface area contributed by atoms with Crippen LogP contribution in [0.4, 0.5) is 11.4 Å². The van der Waals surface area contributed by atoms with Crippen molar-refractivity contribution in [2.45, 2.75) is 64.8 Å². The van der Waals surface area contributed by atoms with E-state index in [1.54, 1.807) is 24.4 Å². The van der Waals surface area contributed by atoms with Gasteiger partial charge >= 0.3 is 0 Å². The van der Waals surface area contributed by atoms with E-state index in [1.165, 1.54) is 4.31 Å². The molecule has 1 saturated heterocycles. The number of anilines is 2. The molecule has 222 valence electrons. The van der Waals surface area contributed by atoms with Gasteiger partial charge in [-0.1, -0.05) is 30.3 Å². The zero-order valence-electron chi connectivity index (χ0n) is 24.1. The first-order valence-corrected chi connectivity index (χ1v) is 15.9. The average molecular weight is 583 g/mol. The van der Waals surface area contributed by atoms with Gasteiger partial charge in [0.15, 0.2) is 0 Å². The summed E-state index contributed by atoms with van der Waals surface area (Å²) in [6.07, 6.45) is 4.74. The van der Waals surface area contributed by atoms with Gasteiger partial charge in [-0.3, -0.25) is 13.8 Å². The van der Waals surface area contributed by atoms with Gasteiger partial charge in [0.25, 0.3) is 5.91 Å². The number of aliphatic hydroxyl groups is 1. The molecule has 1 aromatic heterocycles. The van der Waals surface area contributed by atoms with Crippen LogP contribution in [0.1, 0.15) is 61.1 Å². The third kappa shape index (κ3) is 8.31. The highest BCUT2D eigenvalue weighted by Crippen LogP contribution is 2.28. The van der Waals surface area contributed by atoms with Gasteiger partial charge < -0.3 is 21.1 Å². The number of benzene rings is 2. The Hall–Kier alpha value is -3.41. The molecule has 1 aliphatic heterocycles. The molecule has 0 spiro atoms. The number of amides is 1. The van der Waals surface area contributed by atoms with Crippen molar-refractivity contribution in [3.8, 4) is 0 Å². The molecule has 1 amide bonds. The van der Waals surface area contributed by atoms with Crippen molar-refractivity contribution < 1.29 is 18.3 Å². The first-order valence-electron chi connectivity index (χ1n) is 14.3. The second-order valence-electron chi connectivity index (χ2n) is 10.8. The number of nitrogens with zero attached hydrogens (tertiary/aromatic N) is 3. The number of sulfonamides is 1. The highest BCUT2D eigenvalue weighted by molar-refractivity contribution is 7.92. The van der Waals surface area contributed by atoms with Crippen LogP contribution in [0.5, 0.6) is 0 Å². The molecule has 41 heavy (non-hydrogen) atoms. The van der Waals surface area contributed by atoms with E-state index in [-0.39, 0.29) is 24.2 Å². The molecule has 1 aliphatic rings. The Morgan fingerprint density at radius 1 is 1.10 bits per heavy atom. The Kier molecular flexibility index (Phi) is 10.4. The summed E-state index contributed by atoms with van der Waals surface area (Å²) in [4.78, 5) is 13.6. The summed E-state index contributed by atoms with van der Waals surface area (Å²) in [5.74, 6) is -0.282. The lowest BCUT2D eigenvalue weighted by Crippen LogP contribution is -2.48. The second-order valence-corrected chi connectivity index (χ2v) is 12.8. The Morgan fingerprint density at radius 2 is 1.88 bits per heavy atom. The van der Waals surface area contributed by atoms with E-state index in [2.05, 4.69) is 34.9 Å². The Balaban J connectivity index is 1.52. The number of aliphatic hydroxyl groups excluding tert-OH is 1. The molecular formula is C30H42N6O4S. The Morgan fingerprint density at radius 3 is 2.56 bits per heavy atom. The molecule has 11 heteroatoms. The molecule has 0 aliphatic carbocycles. The molecule has 2 heterocycles. The van der Waals surface area contributed by atoms with E-state index in [1.807, 2.05) is 48.1 Å². The molecule has 3 aromatic rings. The van der Waals surface area contributed by atoms with Gasteiger partial charge in [-0.15, -0.1) is 0 Å². The fraction of sp³-hybridized carbons (Fsp3) is 0.467. The van der Waals surface area contributed by atoms with Crippen LogP contribution in [0.25, 0.3) is 0 Å².